The fraction of sp³-hybridized carbons (Fsp3) is 0.154. The van der Waals surface area contributed by atoms with Crippen molar-refractivity contribution in [2.24, 2.45) is 0 Å². The maximum absolute atomic E-state index is 12.4. The molecule has 1 aromatic heterocycles. The number of pyridine rings is 1. The van der Waals surface area contributed by atoms with Crippen LogP contribution in [0.3, 0.4) is 0 Å². The minimum absolute atomic E-state index is 0.512. The van der Waals surface area contributed by atoms with Gasteiger partial charge in [0, 0.05) is 23.4 Å². The van der Waals surface area contributed by atoms with Crippen molar-refractivity contribution < 1.29 is 17.7 Å². The Bertz CT molecular complexity index is 515. The SMILES string of the molecule is Nc1cc[n+](Cc2ccc(C(F)(F)F)cc2)cc1. The highest BCUT2D eigenvalue weighted by Gasteiger charge is 2.29. The predicted octanol–water partition coefficient (Wildman–Crippen LogP) is 2.62. The molecule has 0 amide bonds. The van der Waals surface area contributed by atoms with E-state index in [4.69, 9.17) is 5.73 Å². The van der Waals surface area contributed by atoms with Gasteiger partial charge in [-0.05, 0) is 12.1 Å². The summed E-state index contributed by atoms with van der Waals surface area (Å²) in [5.41, 5.74) is 6.37. The summed E-state index contributed by atoms with van der Waals surface area (Å²) < 4.78 is 39.0. The molecule has 5 heteroatoms. The number of halogens is 3. The van der Waals surface area contributed by atoms with Gasteiger partial charge in [-0.15, -0.1) is 0 Å². The van der Waals surface area contributed by atoms with Crippen molar-refractivity contribution in [1.29, 1.82) is 0 Å². The number of nitrogens with zero attached hydrogens (tertiary/aromatic N) is 1. The van der Waals surface area contributed by atoms with Crippen molar-refractivity contribution >= 4 is 5.69 Å². The Hall–Kier alpha value is -2.04. The van der Waals surface area contributed by atoms with E-state index in [1.807, 2.05) is 4.57 Å². The summed E-state index contributed by atoms with van der Waals surface area (Å²) in [6.45, 7) is 0.512. The Morgan fingerprint density at radius 3 is 2.00 bits per heavy atom. The second-order valence-electron chi connectivity index (χ2n) is 4.00. The predicted molar refractivity (Wildman–Crippen MR) is 61.6 cm³/mol. The molecule has 2 N–H and O–H groups in total. The lowest BCUT2D eigenvalue weighted by Gasteiger charge is -2.06. The van der Waals surface area contributed by atoms with Gasteiger partial charge in [0.2, 0.25) is 0 Å². The molecule has 18 heavy (non-hydrogen) atoms. The standard InChI is InChI=1S/C13H11F3N2/c14-13(15,16)11-3-1-10(2-4-11)9-18-7-5-12(17)6-8-18/h1-8,17H,9H2/p+1. The first kappa shape index (κ1) is 12.4. The van der Waals surface area contributed by atoms with Crippen molar-refractivity contribution in [3.63, 3.8) is 0 Å². The minimum Gasteiger partial charge on any atom is -0.398 e. The third-order valence-electron chi connectivity index (χ3n) is 2.56. The van der Waals surface area contributed by atoms with E-state index in [-0.39, 0.29) is 0 Å². The largest absolute Gasteiger partial charge is 0.416 e. The molecule has 0 fully saturated rings. The molecule has 94 valence electrons. The van der Waals surface area contributed by atoms with Gasteiger partial charge in [-0.25, -0.2) is 4.57 Å². The number of benzene rings is 1. The molecule has 2 aromatic rings. The summed E-state index contributed by atoms with van der Waals surface area (Å²) >= 11 is 0. The van der Waals surface area contributed by atoms with Gasteiger partial charge in [0.1, 0.15) is 0 Å². The number of hydrogen-bond donors (Lipinski definition) is 1. The summed E-state index contributed by atoms with van der Waals surface area (Å²) in [6, 6.07) is 8.62. The Balaban J connectivity index is 2.13. The normalized spacial score (nSPS) is 11.5. The molecule has 0 aliphatic heterocycles. The van der Waals surface area contributed by atoms with Crippen molar-refractivity contribution in [3.05, 3.63) is 59.9 Å². The van der Waals surface area contributed by atoms with Gasteiger partial charge in [0.25, 0.3) is 0 Å². The van der Waals surface area contributed by atoms with Crippen LogP contribution < -0.4 is 10.3 Å². The number of nitrogens with two attached hydrogens (primary N) is 1. The molecule has 0 atom stereocenters. The molecule has 0 saturated carbocycles. The molecule has 0 unspecified atom stereocenters. The van der Waals surface area contributed by atoms with Gasteiger partial charge in [0.05, 0.1) is 5.56 Å². The van der Waals surface area contributed by atoms with Gasteiger partial charge in [-0.2, -0.15) is 13.2 Å². The first-order valence-corrected chi connectivity index (χ1v) is 5.36. The van der Waals surface area contributed by atoms with Crippen LogP contribution in [0.5, 0.6) is 0 Å². The summed E-state index contributed by atoms with van der Waals surface area (Å²) in [5.74, 6) is 0. The molecule has 1 heterocycles. The molecule has 0 bridgehead atoms. The highest BCUT2D eigenvalue weighted by molar-refractivity contribution is 5.32. The van der Waals surface area contributed by atoms with Gasteiger partial charge >= 0.3 is 6.18 Å². The number of alkyl halides is 3. The molecular weight excluding hydrogens is 241 g/mol. The average Bonchev–Trinajstić information content (AvgIpc) is 2.32. The van der Waals surface area contributed by atoms with Crippen molar-refractivity contribution in [3.8, 4) is 0 Å². The van der Waals surface area contributed by atoms with Crippen LogP contribution in [-0.2, 0) is 12.7 Å². The maximum atomic E-state index is 12.4. The van der Waals surface area contributed by atoms with Gasteiger partial charge in [-0.3, -0.25) is 0 Å². The molecular formula is C13H12F3N2+. The number of hydrogen-bond acceptors (Lipinski definition) is 1. The quantitative estimate of drug-likeness (QED) is 0.819. The zero-order valence-electron chi connectivity index (χ0n) is 9.48. The highest BCUT2D eigenvalue weighted by Crippen LogP contribution is 2.28. The van der Waals surface area contributed by atoms with Crippen molar-refractivity contribution in [1.82, 2.24) is 0 Å². The summed E-state index contributed by atoms with van der Waals surface area (Å²) in [6.07, 6.45) is -0.715. The fourth-order valence-corrected chi connectivity index (χ4v) is 1.58. The van der Waals surface area contributed by atoms with Crippen LogP contribution in [-0.4, -0.2) is 0 Å². The molecule has 1 aromatic carbocycles. The van der Waals surface area contributed by atoms with E-state index >= 15 is 0 Å². The molecule has 0 aliphatic carbocycles. The van der Waals surface area contributed by atoms with E-state index in [0.717, 1.165) is 17.7 Å². The van der Waals surface area contributed by atoms with Crippen LogP contribution in [0.15, 0.2) is 48.8 Å². The van der Waals surface area contributed by atoms with E-state index in [9.17, 15) is 13.2 Å². The van der Waals surface area contributed by atoms with Crippen LogP contribution >= 0.6 is 0 Å². The molecule has 2 rings (SSSR count). The van der Waals surface area contributed by atoms with Gasteiger partial charge in [0.15, 0.2) is 18.9 Å². The summed E-state index contributed by atoms with van der Waals surface area (Å²) in [7, 11) is 0. The van der Waals surface area contributed by atoms with E-state index in [1.165, 1.54) is 12.1 Å². The number of nitrogen functional groups attached to an aromatic ring is 1. The lowest BCUT2D eigenvalue weighted by molar-refractivity contribution is -0.688. The molecule has 0 radical (unpaired) electrons. The highest BCUT2D eigenvalue weighted by atomic mass is 19.4. The Labute approximate surface area is 102 Å². The second kappa shape index (κ2) is 4.68. The van der Waals surface area contributed by atoms with Crippen LogP contribution in [0.2, 0.25) is 0 Å². The Morgan fingerprint density at radius 2 is 1.50 bits per heavy atom. The van der Waals surface area contributed by atoms with E-state index in [1.54, 1.807) is 24.5 Å². The first-order valence-electron chi connectivity index (χ1n) is 5.36. The van der Waals surface area contributed by atoms with Crippen LogP contribution in [0.25, 0.3) is 0 Å². The van der Waals surface area contributed by atoms with Crippen LogP contribution in [0.4, 0.5) is 18.9 Å². The summed E-state index contributed by atoms with van der Waals surface area (Å²) in [4.78, 5) is 0. The topological polar surface area (TPSA) is 29.9 Å². The van der Waals surface area contributed by atoms with Gasteiger partial charge in [-0.1, -0.05) is 12.1 Å². The Kier molecular flexibility index (Phi) is 3.23. The van der Waals surface area contributed by atoms with E-state index in [0.29, 0.717) is 12.2 Å². The molecule has 0 aliphatic rings. The smallest absolute Gasteiger partial charge is 0.398 e. The zero-order chi connectivity index (χ0) is 13.2. The molecule has 0 spiro atoms. The fourth-order valence-electron chi connectivity index (χ4n) is 1.58. The van der Waals surface area contributed by atoms with E-state index in [2.05, 4.69) is 0 Å². The number of aromatic nitrogens is 1. The maximum Gasteiger partial charge on any atom is 0.416 e. The number of rotatable bonds is 2. The first-order chi connectivity index (χ1) is 8.45. The second-order valence-corrected chi connectivity index (χ2v) is 4.00. The monoisotopic (exact) mass is 253 g/mol. The molecule has 0 saturated heterocycles. The average molecular weight is 253 g/mol. The zero-order valence-corrected chi connectivity index (χ0v) is 9.48. The number of anilines is 1. The third kappa shape index (κ3) is 3.00. The summed E-state index contributed by atoms with van der Waals surface area (Å²) in [5, 5.41) is 0. The van der Waals surface area contributed by atoms with Crippen LogP contribution in [0.1, 0.15) is 11.1 Å². The Morgan fingerprint density at radius 1 is 0.944 bits per heavy atom. The van der Waals surface area contributed by atoms with E-state index < -0.39 is 11.7 Å². The minimum atomic E-state index is -4.28. The lowest BCUT2D eigenvalue weighted by Crippen LogP contribution is -2.33. The van der Waals surface area contributed by atoms with Crippen molar-refractivity contribution in [2.75, 3.05) is 5.73 Å². The third-order valence-corrected chi connectivity index (χ3v) is 2.56. The molecule has 2 nitrogen and oxygen atoms in total. The van der Waals surface area contributed by atoms with Gasteiger partial charge < -0.3 is 5.73 Å². The van der Waals surface area contributed by atoms with Crippen molar-refractivity contribution in [2.45, 2.75) is 12.7 Å². The lowest BCUT2D eigenvalue weighted by atomic mass is 10.1. The van der Waals surface area contributed by atoms with Crippen LogP contribution in [0, 0.1) is 0 Å².